The molecule has 0 N–H and O–H groups in total. The predicted molar refractivity (Wildman–Crippen MR) is 89.3 cm³/mol. The van der Waals surface area contributed by atoms with E-state index in [2.05, 4.69) is 52.4 Å². The van der Waals surface area contributed by atoms with E-state index in [9.17, 15) is 4.79 Å². The van der Waals surface area contributed by atoms with Crippen molar-refractivity contribution in [2.75, 3.05) is 13.1 Å². The molecule has 18 heavy (non-hydrogen) atoms. The second-order valence-electron chi connectivity index (χ2n) is 4.59. The van der Waals surface area contributed by atoms with Crippen LogP contribution in [0, 0.1) is 3.57 Å². The summed E-state index contributed by atoms with van der Waals surface area (Å²) in [7, 11) is 0. The fourth-order valence-electron chi connectivity index (χ4n) is 2.18. The quantitative estimate of drug-likeness (QED) is 0.616. The van der Waals surface area contributed by atoms with E-state index >= 15 is 0 Å². The number of rotatable bonds is 1. The van der Waals surface area contributed by atoms with Gasteiger partial charge in [0.05, 0.1) is 5.56 Å². The molecule has 98 valence electrons. The average molecular weight is 440 g/mol. The summed E-state index contributed by atoms with van der Waals surface area (Å²) in [6.45, 7) is 6.05. The smallest absolute Gasteiger partial charge is 0.255 e. The van der Waals surface area contributed by atoms with Crippen LogP contribution in [0.3, 0.4) is 0 Å². The van der Waals surface area contributed by atoms with E-state index in [4.69, 9.17) is 0 Å². The van der Waals surface area contributed by atoms with Crippen LogP contribution >= 0.6 is 50.3 Å². The molecule has 2 rings (SSSR count). The van der Waals surface area contributed by atoms with Crippen LogP contribution in [0.2, 0.25) is 0 Å². The molecular weight excluding hydrogens is 425 g/mol. The summed E-state index contributed by atoms with van der Waals surface area (Å²) < 4.78 is 1.97. The highest BCUT2D eigenvalue weighted by atomic mass is 127. The van der Waals surface area contributed by atoms with E-state index in [1.54, 1.807) is 0 Å². The van der Waals surface area contributed by atoms with Gasteiger partial charge in [0.1, 0.15) is 0 Å². The number of hydrogen-bond donors (Lipinski definition) is 0. The highest BCUT2D eigenvalue weighted by Gasteiger charge is 2.27. The van der Waals surface area contributed by atoms with Gasteiger partial charge in [-0.2, -0.15) is 11.8 Å². The lowest BCUT2D eigenvalue weighted by Crippen LogP contribution is -2.44. The summed E-state index contributed by atoms with van der Waals surface area (Å²) in [5.41, 5.74) is 0.771. The largest absolute Gasteiger partial charge is 0.336 e. The number of thioether (sulfide) groups is 1. The molecular formula is C13H15BrINOS. The lowest BCUT2D eigenvalue weighted by molar-refractivity contribution is 0.0752. The molecule has 1 fully saturated rings. The summed E-state index contributed by atoms with van der Waals surface area (Å²) in [4.78, 5) is 14.5. The molecule has 2 unspecified atom stereocenters. The van der Waals surface area contributed by atoms with Crippen molar-refractivity contribution in [3.63, 3.8) is 0 Å². The maximum Gasteiger partial charge on any atom is 0.255 e. The minimum atomic E-state index is 0.138. The first-order valence-corrected chi connectivity index (χ1v) is 8.68. The summed E-state index contributed by atoms with van der Waals surface area (Å²) in [6.07, 6.45) is 0. The predicted octanol–water partition coefficient (Wildman–Crippen LogP) is 4.02. The normalized spacial score (nSPS) is 24.1. The van der Waals surface area contributed by atoms with Gasteiger partial charge in [-0.15, -0.1) is 0 Å². The van der Waals surface area contributed by atoms with Crippen molar-refractivity contribution in [3.05, 3.63) is 31.8 Å². The molecule has 0 spiro atoms. The second-order valence-corrected chi connectivity index (χ2v) is 8.57. The van der Waals surface area contributed by atoms with E-state index in [-0.39, 0.29) is 5.91 Å². The minimum absolute atomic E-state index is 0.138. The third-order valence-corrected chi connectivity index (χ3v) is 5.46. The molecule has 1 saturated heterocycles. The monoisotopic (exact) mass is 439 g/mol. The van der Waals surface area contributed by atoms with Gasteiger partial charge in [0, 0.05) is 31.6 Å². The van der Waals surface area contributed by atoms with Gasteiger partial charge in [0.2, 0.25) is 0 Å². The third kappa shape index (κ3) is 3.42. The minimum Gasteiger partial charge on any atom is -0.336 e. The molecule has 5 heteroatoms. The van der Waals surface area contributed by atoms with Gasteiger partial charge < -0.3 is 4.90 Å². The Hall–Kier alpha value is 0.250. The van der Waals surface area contributed by atoms with Crippen molar-refractivity contribution in [1.29, 1.82) is 0 Å². The van der Waals surface area contributed by atoms with Gasteiger partial charge in [-0.05, 0) is 56.7 Å². The Morgan fingerprint density at radius 2 is 2.00 bits per heavy atom. The fraction of sp³-hybridized carbons (Fsp3) is 0.462. The Morgan fingerprint density at radius 1 is 1.39 bits per heavy atom. The molecule has 2 atom stereocenters. The van der Waals surface area contributed by atoms with Gasteiger partial charge in [-0.25, -0.2) is 0 Å². The molecule has 1 aromatic rings. The first-order valence-electron chi connectivity index (χ1n) is 5.87. The molecule has 0 radical (unpaired) electrons. The molecule has 1 aromatic carbocycles. The third-order valence-electron chi connectivity index (χ3n) is 2.87. The average Bonchev–Trinajstić information content (AvgIpc) is 2.30. The van der Waals surface area contributed by atoms with Crippen LogP contribution in [0.1, 0.15) is 24.2 Å². The lowest BCUT2D eigenvalue weighted by atomic mass is 10.2. The zero-order chi connectivity index (χ0) is 13.3. The van der Waals surface area contributed by atoms with Crippen LogP contribution in [-0.2, 0) is 0 Å². The van der Waals surface area contributed by atoms with E-state index in [1.807, 2.05) is 34.9 Å². The van der Waals surface area contributed by atoms with Crippen LogP contribution in [-0.4, -0.2) is 34.4 Å². The number of amides is 1. The number of nitrogens with zero attached hydrogens (tertiary/aromatic N) is 1. The molecule has 0 aromatic heterocycles. The van der Waals surface area contributed by atoms with Crippen molar-refractivity contribution in [1.82, 2.24) is 4.90 Å². The Labute approximate surface area is 134 Å². The maximum atomic E-state index is 12.5. The highest BCUT2D eigenvalue weighted by Crippen LogP contribution is 2.27. The molecule has 1 amide bonds. The Balaban J connectivity index is 2.22. The Bertz CT molecular complexity index is 458. The second kappa shape index (κ2) is 6.13. The number of hydrogen-bond acceptors (Lipinski definition) is 2. The first-order chi connectivity index (χ1) is 8.47. The van der Waals surface area contributed by atoms with Crippen molar-refractivity contribution in [2.45, 2.75) is 24.3 Å². The number of carbonyl (C=O) groups excluding carboxylic acids is 1. The molecule has 0 bridgehead atoms. The van der Waals surface area contributed by atoms with Crippen LogP contribution in [0.5, 0.6) is 0 Å². The highest BCUT2D eigenvalue weighted by molar-refractivity contribution is 14.1. The van der Waals surface area contributed by atoms with Crippen molar-refractivity contribution in [3.8, 4) is 0 Å². The van der Waals surface area contributed by atoms with Gasteiger partial charge in [0.15, 0.2) is 0 Å². The summed E-state index contributed by atoms with van der Waals surface area (Å²) in [5, 5.41) is 1.03. The standard InChI is InChI=1S/C13H15BrINOS/c1-8-6-16(7-9(2)18-8)13(17)11-5-10(15)3-4-12(11)14/h3-5,8-9H,6-7H2,1-2H3. The van der Waals surface area contributed by atoms with Gasteiger partial charge in [-0.1, -0.05) is 13.8 Å². The fourth-order valence-corrected chi connectivity index (χ4v) is 4.41. The summed E-state index contributed by atoms with van der Waals surface area (Å²) in [5.74, 6) is 0.138. The zero-order valence-electron chi connectivity index (χ0n) is 10.3. The maximum absolute atomic E-state index is 12.5. The molecule has 0 aliphatic carbocycles. The van der Waals surface area contributed by atoms with E-state index in [0.29, 0.717) is 10.5 Å². The van der Waals surface area contributed by atoms with Crippen LogP contribution in [0.15, 0.2) is 22.7 Å². The number of halogens is 2. The number of benzene rings is 1. The molecule has 0 saturated carbocycles. The number of carbonyl (C=O) groups is 1. The summed E-state index contributed by atoms with van der Waals surface area (Å²) in [6, 6.07) is 5.89. The van der Waals surface area contributed by atoms with Crippen molar-refractivity contribution >= 4 is 56.2 Å². The topological polar surface area (TPSA) is 20.3 Å². The molecule has 1 aliphatic heterocycles. The Morgan fingerprint density at radius 3 is 2.61 bits per heavy atom. The lowest BCUT2D eigenvalue weighted by Gasteiger charge is -2.34. The molecule has 2 nitrogen and oxygen atoms in total. The van der Waals surface area contributed by atoms with E-state index in [1.165, 1.54) is 0 Å². The first kappa shape index (κ1) is 14.7. The van der Waals surface area contributed by atoms with Gasteiger partial charge in [0.25, 0.3) is 5.91 Å². The van der Waals surface area contributed by atoms with E-state index < -0.39 is 0 Å². The zero-order valence-corrected chi connectivity index (χ0v) is 14.9. The summed E-state index contributed by atoms with van der Waals surface area (Å²) >= 11 is 7.67. The Kier molecular flexibility index (Phi) is 4.99. The van der Waals surface area contributed by atoms with Crippen LogP contribution in [0.4, 0.5) is 0 Å². The molecule has 1 aliphatic rings. The van der Waals surface area contributed by atoms with E-state index in [0.717, 1.165) is 26.7 Å². The van der Waals surface area contributed by atoms with Gasteiger partial charge >= 0.3 is 0 Å². The van der Waals surface area contributed by atoms with Crippen molar-refractivity contribution < 1.29 is 4.79 Å². The van der Waals surface area contributed by atoms with Crippen LogP contribution < -0.4 is 0 Å². The molecule has 1 heterocycles. The SMILES string of the molecule is CC1CN(C(=O)c2cc(I)ccc2Br)CC(C)S1. The van der Waals surface area contributed by atoms with Crippen molar-refractivity contribution in [2.24, 2.45) is 0 Å². The van der Waals surface area contributed by atoms with Gasteiger partial charge in [-0.3, -0.25) is 4.79 Å². The van der Waals surface area contributed by atoms with Crippen LogP contribution in [0.25, 0.3) is 0 Å².